The van der Waals surface area contributed by atoms with Crippen molar-refractivity contribution in [3.63, 3.8) is 0 Å². The predicted molar refractivity (Wildman–Crippen MR) is 85.7 cm³/mol. The van der Waals surface area contributed by atoms with Gasteiger partial charge in [0, 0.05) is 37.9 Å². The van der Waals surface area contributed by atoms with E-state index >= 15 is 0 Å². The molecule has 0 aliphatic carbocycles. The lowest BCUT2D eigenvalue weighted by Gasteiger charge is -2.37. The molecule has 1 atom stereocenters. The minimum absolute atomic E-state index is 0.616. The second-order valence-corrected chi connectivity index (χ2v) is 5.96. The molecule has 1 fully saturated rings. The fraction of sp³-hybridized carbons (Fsp3) is 0.412. The Hall–Kier alpha value is -1.58. The average molecular weight is 269 g/mol. The maximum absolute atomic E-state index is 6.23. The third-order valence-electron chi connectivity index (χ3n) is 4.45. The third-order valence-corrected chi connectivity index (χ3v) is 4.45. The smallest absolute Gasteiger partial charge is 0.0366 e. The van der Waals surface area contributed by atoms with E-state index in [4.69, 9.17) is 5.73 Å². The van der Waals surface area contributed by atoms with Crippen LogP contribution >= 0.6 is 0 Å². The highest BCUT2D eigenvalue weighted by atomic mass is 15.3. The zero-order valence-corrected chi connectivity index (χ0v) is 12.3. The molecule has 1 aliphatic rings. The van der Waals surface area contributed by atoms with Crippen LogP contribution in [0, 0.1) is 0 Å². The molecule has 106 valence electrons. The molecule has 1 aliphatic heterocycles. The summed E-state index contributed by atoms with van der Waals surface area (Å²) in [7, 11) is 2.20. The number of piperazine rings is 1. The Morgan fingerprint density at radius 2 is 1.85 bits per heavy atom. The summed E-state index contributed by atoms with van der Waals surface area (Å²) < 4.78 is 0. The Kier molecular flexibility index (Phi) is 3.64. The van der Waals surface area contributed by atoms with Gasteiger partial charge < -0.3 is 10.6 Å². The number of benzene rings is 2. The summed E-state index contributed by atoms with van der Waals surface area (Å²) in [6, 6.07) is 13.4. The van der Waals surface area contributed by atoms with E-state index in [9.17, 15) is 0 Å². The molecule has 0 radical (unpaired) electrons. The van der Waals surface area contributed by atoms with Crippen LogP contribution in [0.15, 0.2) is 36.4 Å². The van der Waals surface area contributed by atoms with Gasteiger partial charge in [-0.15, -0.1) is 0 Å². The Labute approximate surface area is 121 Å². The van der Waals surface area contributed by atoms with Gasteiger partial charge in [-0.25, -0.2) is 0 Å². The first-order valence-electron chi connectivity index (χ1n) is 7.33. The zero-order chi connectivity index (χ0) is 14.1. The standard InChI is InChI=1S/C17H23N3/c1-13-11-20(8-7-19(13)2)12-16-9-14-5-3-4-6-15(14)10-17(16)18/h3-6,9-10,13H,7-8,11-12,18H2,1-2H3. The van der Waals surface area contributed by atoms with Gasteiger partial charge in [0.2, 0.25) is 0 Å². The SMILES string of the molecule is CC1CN(Cc2cc3ccccc3cc2N)CCN1C. The predicted octanol–water partition coefficient (Wildman–Crippen LogP) is 2.56. The van der Waals surface area contributed by atoms with E-state index in [-0.39, 0.29) is 0 Å². The summed E-state index contributed by atoms with van der Waals surface area (Å²) in [6.45, 7) is 6.61. The summed E-state index contributed by atoms with van der Waals surface area (Å²) >= 11 is 0. The van der Waals surface area contributed by atoms with E-state index in [1.54, 1.807) is 0 Å². The highest BCUT2D eigenvalue weighted by Crippen LogP contribution is 2.23. The van der Waals surface area contributed by atoms with Crippen LogP contribution < -0.4 is 5.73 Å². The van der Waals surface area contributed by atoms with E-state index in [0.717, 1.165) is 31.9 Å². The van der Waals surface area contributed by atoms with E-state index in [1.165, 1.54) is 16.3 Å². The summed E-state index contributed by atoms with van der Waals surface area (Å²) in [6.07, 6.45) is 0. The molecule has 0 amide bonds. The van der Waals surface area contributed by atoms with E-state index < -0.39 is 0 Å². The Balaban J connectivity index is 1.82. The number of nitrogens with zero attached hydrogens (tertiary/aromatic N) is 2. The fourth-order valence-corrected chi connectivity index (χ4v) is 2.95. The van der Waals surface area contributed by atoms with Gasteiger partial charge >= 0.3 is 0 Å². The van der Waals surface area contributed by atoms with Crippen LogP contribution in [0.1, 0.15) is 12.5 Å². The lowest BCUT2D eigenvalue weighted by molar-refractivity contribution is 0.100. The topological polar surface area (TPSA) is 32.5 Å². The molecule has 0 saturated carbocycles. The van der Waals surface area contributed by atoms with Crippen molar-refractivity contribution in [2.45, 2.75) is 19.5 Å². The van der Waals surface area contributed by atoms with Gasteiger partial charge in [0.25, 0.3) is 0 Å². The number of nitrogens with two attached hydrogens (primary N) is 1. The number of likely N-dealkylation sites (N-methyl/N-ethyl adjacent to an activating group) is 1. The van der Waals surface area contributed by atoms with Crippen molar-refractivity contribution in [3.8, 4) is 0 Å². The van der Waals surface area contributed by atoms with Crippen LogP contribution in [0.3, 0.4) is 0 Å². The zero-order valence-electron chi connectivity index (χ0n) is 12.3. The maximum Gasteiger partial charge on any atom is 0.0366 e. The van der Waals surface area contributed by atoms with Gasteiger partial charge in [0.1, 0.15) is 0 Å². The van der Waals surface area contributed by atoms with Crippen molar-refractivity contribution in [2.75, 3.05) is 32.4 Å². The molecule has 2 N–H and O–H groups in total. The van der Waals surface area contributed by atoms with Gasteiger partial charge in [-0.3, -0.25) is 4.90 Å². The molecule has 3 heteroatoms. The molecule has 2 aromatic carbocycles. The molecule has 1 saturated heterocycles. The minimum Gasteiger partial charge on any atom is -0.398 e. The first-order chi connectivity index (χ1) is 9.63. The number of fused-ring (bicyclic) bond motifs is 1. The van der Waals surface area contributed by atoms with Gasteiger partial charge in [0.05, 0.1) is 0 Å². The van der Waals surface area contributed by atoms with E-state index in [2.05, 4.69) is 60.2 Å². The van der Waals surface area contributed by atoms with Crippen molar-refractivity contribution in [1.82, 2.24) is 9.80 Å². The molecular weight excluding hydrogens is 246 g/mol. The number of rotatable bonds is 2. The Bertz CT molecular complexity index is 608. The van der Waals surface area contributed by atoms with Crippen molar-refractivity contribution in [1.29, 1.82) is 0 Å². The second-order valence-electron chi connectivity index (χ2n) is 5.96. The summed E-state index contributed by atoms with van der Waals surface area (Å²) in [5, 5.41) is 2.50. The number of nitrogen functional groups attached to an aromatic ring is 1. The van der Waals surface area contributed by atoms with Crippen LogP contribution in [0.2, 0.25) is 0 Å². The number of hydrogen-bond acceptors (Lipinski definition) is 3. The molecule has 1 heterocycles. The maximum atomic E-state index is 6.23. The van der Waals surface area contributed by atoms with E-state index in [1.807, 2.05) is 0 Å². The van der Waals surface area contributed by atoms with Gasteiger partial charge in [-0.1, -0.05) is 24.3 Å². The van der Waals surface area contributed by atoms with E-state index in [0.29, 0.717) is 6.04 Å². The normalized spacial score (nSPS) is 21.4. The average Bonchev–Trinajstić information content (AvgIpc) is 2.44. The molecular formula is C17H23N3. The van der Waals surface area contributed by atoms with Crippen LogP contribution in [-0.2, 0) is 6.54 Å². The summed E-state index contributed by atoms with van der Waals surface area (Å²) in [5.41, 5.74) is 8.39. The van der Waals surface area contributed by atoms with Crippen molar-refractivity contribution in [2.24, 2.45) is 0 Å². The number of anilines is 1. The summed E-state index contributed by atoms with van der Waals surface area (Å²) in [4.78, 5) is 4.92. The van der Waals surface area contributed by atoms with Gasteiger partial charge in [-0.05, 0) is 42.4 Å². The molecule has 1 unspecified atom stereocenters. The second kappa shape index (κ2) is 5.43. The van der Waals surface area contributed by atoms with Crippen molar-refractivity contribution in [3.05, 3.63) is 42.0 Å². The molecule has 20 heavy (non-hydrogen) atoms. The van der Waals surface area contributed by atoms with Crippen LogP contribution in [0.25, 0.3) is 10.8 Å². The van der Waals surface area contributed by atoms with Crippen molar-refractivity contribution < 1.29 is 0 Å². The Morgan fingerprint density at radius 3 is 2.55 bits per heavy atom. The largest absolute Gasteiger partial charge is 0.398 e. The molecule has 0 spiro atoms. The lowest BCUT2D eigenvalue weighted by Crippen LogP contribution is -2.49. The number of hydrogen-bond donors (Lipinski definition) is 1. The third kappa shape index (κ3) is 2.65. The first-order valence-corrected chi connectivity index (χ1v) is 7.33. The monoisotopic (exact) mass is 269 g/mol. The van der Waals surface area contributed by atoms with Gasteiger partial charge in [0.15, 0.2) is 0 Å². The van der Waals surface area contributed by atoms with Crippen LogP contribution in [-0.4, -0.2) is 42.5 Å². The molecule has 3 nitrogen and oxygen atoms in total. The van der Waals surface area contributed by atoms with Crippen LogP contribution in [0.5, 0.6) is 0 Å². The highest BCUT2D eigenvalue weighted by molar-refractivity contribution is 5.86. The quantitative estimate of drug-likeness (QED) is 0.851. The summed E-state index contributed by atoms with van der Waals surface area (Å²) in [5.74, 6) is 0. The minimum atomic E-state index is 0.616. The first kappa shape index (κ1) is 13.4. The van der Waals surface area contributed by atoms with Gasteiger partial charge in [-0.2, -0.15) is 0 Å². The van der Waals surface area contributed by atoms with Crippen molar-refractivity contribution >= 4 is 16.5 Å². The molecule has 0 bridgehead atoms. The highest BCUT2D eigenvalue weighted by Gasteiger charge is 2.21. The molecule has 2 aromatic rings. The lowest BCUT2D eigenvalue weighted by atomic mass is 10.0. The fourth-order valence-electron chi connectivity index (χ4n) is 2.95. The molecule has 0 aromatic heterocycles. The molecule has 3 rings (SSSR count). The van der Waals surface area contributed by atoms with Crippen LogP contribution in [0.4, 0.5) is 5.69 Å². The Morgan fingerprint density at radius 1 is 1.15 bits per heavy atom.